The second-order valence-corrected chi connectivity index (χ2v) is 9.38. The molecule has 2 aromatic rings. The zero-order chi connectivity index (χ0) is 25.6. The van der Waals surface area contributed by atoms with E-state index in [9.17, 15) is 32.3 Å². The summed E-state index contributed by atoms with van der Waals surface area (Å²) in [6.45, 7) is -0.175. The maximum absolute atomic E-state index is 13.0. The van der Waals surface area contributed by atoms with Crippen molar-refractivity contribution in [1.82, 2.24) is 14.9 Å². The van der Waals surface area contributed by atoms with Crippen LogP contribution < -0.4 is 14.9 Å². The monoisotopic (exact) mass is 503 g/mol. The molecule has 3 rings (SSSR count). The summed E-state index contributed by atoms with van der Waals surface area (Å²) < 4.78 is 39.7. The summed E-state index contributed by atoms with van der Waals surface area (Å²) in [7, 11) is -4.28. The number of nitrogens with zero attached hydrogens (tertiary/aromatic N) is 3. The van der Waals surface area contributed by atoms with Crippen molar-refractivity contribution in [2.75, 3.05) is 37.6 Å². The lowest BCUT2D eigenvalue weighted by Gasteiger charge is -2.35. The summed E-state index contributed by atoms with van der Waals surface area (Å²) in [6, 6.07) is 10.9. The molecule has 2 aromatic carbocycles. The molecule has 184 valence electrons. The first-order valence-electron chi connectivity index (χ1n) is 10.4. The average molecular weight is 504 g/mol. The highest BCUT2D eigenvalue weighted by molar-refractivity contribution is 7.89. The van der Waals surface area contributed by atoms with Crippen LogP contribution in [0.5, 0.6) is 0 Å². The number of carbonyl (C=O) groups excluding carboxylic acids is 2. The number of hydrogen-bond donors (Lipinski definition) is 3. The number of carboxylic acid groups (broad SMARTS) is 1. The van der Waals surface area contributed by atoms with E-state index in [1.165, 1.54) is 4.90 Å². The van der Waals surface area contributed by atoms with Gasteiger partial charge in [-0.2, -0.15) is 9.98 Å². The van der Waals surface area contributed by atoms with Crippen molar-refractivity contribution in [3.05, 3.63) is 59.9 Å². The minimum absolute atomic E-state index is 0.0222. The predicted octanol–water partition coefficient (Wildman–Crippen LogP) is -0.106. The van der Waals surface area contributed by atoms with Gasteiger partial charge >= 0.3 is 5.97 Å². The Balaban J connectivity index is 1.52. The summed E-state index contributed by atoms with van der Waals surface area (Å²) in [5.74, 6) is -3.15. The molecule has 35 heavy (non-hydrogen) atoms. The molecular formula is C22H22FN5O6S. The van der Waals surface area contributed by atoms with Crippen molar-refractivity contribution in [3.8, 4) is 6.07 Å². The fraction of sp³-hybridized carbons (Fsp3) is 0.273. The highest BCUT2D eigenvalue weighted by atomic mass is 32.2. The van der Waals surface area contributed by atoms with Crippen molar-refractivity contribution < 1.29 is 32.3 Å². The SMILES string of the molecule is N#Cc1ccc(N2CCN(CC(=O)NCC(NS(=O)(=O)c3ccc(F)cc3)C(=O)O)C(=O)C2)cc1. The number of carbonyl (C=O) groups is 3. The van der Waals surface area contributed by atoms with Gasteiger partial charge in [-0.1, -0.05) is 0 Å². The normalized spacial score (nSPS) is 14.8. The Kier molecular flexibility index (Phi) is 8.00. The van der Waals surface area contributed by atoms with E-state index in [4.69, 9.17) is 5.26 Å². The molecule has 0 radical (unpaired) electrons. The molecule has 1 heterocycles. The Morgan fingerprint density at radius 1 is 1.11 bits per heavy atom. The number of hydrogen-bond acceptors (Lipinski definition) is 7. The van der Waals surface area contributed by atoms with E-state index in [2.05, 4.69) is 5.32 Å². The summed E-state index contributed by atoms with van der Waals surface area (Å²) >= 11 is 0. The van der Waals surface area contributed by atoms with Crippen molar-refractivity contribution in [2.45, 2.75) is 10.9 Å². The number of sulfonamides is 1. The number of carboxylic acids is 1. The largest absolute Gasteiger partial charge is 0.480 e. The third-order valence-corrected chi connectivity index (χ3v) is 6.73. The molecule has 13 heteroatoms. The van der Waals surface area contributed by atoms with Crippen molar-refractivity contribution >= 4 is 33.5 Å². The molecule has 11 nitrogen and oxygen atoms in total. The van der Waals surface area contributed by atoms with Crippen LogP contribution in [0.2, 0.25) is 0 Å². The van der Waals surface area contributed by atoms with Gasteiger partial charge in [-0.15, -0.1) is 0 Å². The smallest absolute Gasteiger partial charge is 0.323 e. The van der Waals surface area contributed by atoms with Gasteiger partial charge in [0, 0.05) is 25.3 Å². The van der Waals surface area contributed by atoms with Crippen LogP contribution in [0.25, 0.3) is 0 Å². The number of aliphatic carboxylic acids is 1. The zero-order valence-electron chi connectivity index (χ0n) is 18.3. The van der Waals surface area contributed by atoms with Crippen LogP contribution in [0.3, 0.4) is 0 Å². The van der Waals surface area contributed by atoms with Gasteiger partial charge in [0.2, 0.25) is 21.8 Å². The highest BCUT2D eigenvalue weighted by Crippen LogP contribution is 2.17. The molecule has 0 bridgehead atoms. The minimum atomic E-state index is -4.28. The molecule has 1 aliphatic rings. The zero-order valence-corrected chi connectivity index (χ0v) is 19.2. The van der Waals surface area contributed by atoms with Gasteiger partial charge in [-0.05, 0) is 48.5 Å². The summed E-state index contributed by atoms with van der Waals surface area (Å²) in [5, 5.41) is 20.6. The number of piperazine rings is 1. The lowest BCUT2D eigenvalue weighted by atomic mass is 10.2. The van der Waals surface area contributed by atoms with E-state index < -0.39 is 40.3 Å². The number of benzene rings is 2. The van der Waals surface area contributed by atoms with E-state index in [1.807, 2.05) is 15.7 Å². The van der Waals surface area contributed by atoms with E-state index >= 15 is 0 Å². The van der Waals surface area contributed by atoms with E-state index in [0.29, 0.717) is 12.1 Å². The topological polar surface area (TPSA) is 160 Å². The minimum Gasteiger partial charge on any atom is -0.480 e. The third kappa shape index (κ3) is 6.75. The Morgan fingerprint density at radius 2 is 1.77 bits per heavy atom. The van der Waals surface area contributed by atoms with Crippen LogP contribution in [0.15, 0.2) is 53.4 Å². The molecular weight excluding hydrogens is 481 g/mol. The lowest BCUT2D eigenvalue weighted by molar-refractivity contribution is -0.139. The first kappa shape index (κ1) is 25.6. The van der Waals surface area contributed by atoms with Gasteiger partial charge in [-0.3, -0.25) is 14.4 Å². The van der Waals surface area contributed by atoms with Crippen LogP contribution in [0.4, 0.5) is 10.1 Å². The average Bonchev–Trinajstić information content (AvgIpc) is 2.83. The molecule has 0 saturated carbocycles. The molecule has 1 saturated heterocycles. The van der Waals surface area contributed by atoms with Crippen molar-refractivity contribution in [3.63, 3.8) is 0 Å². The molecule has 0 aliphatic carbocycles. The van der Waals surface area contributed by atoms with Crippen LogP contribution in [-0.4, -0.2) is 75.0 Å². The predicted molar refractivity (Wildman–Crippen MR) is 121 cm³/mol. The molecule has 2 amide bonds. The van der Waals surface area contributed by atoms with Crippen LogP contribution in [-0.2, 0) is 24.4 Å². The van der Waals surface area contributed by atoms with E-state index in [0.717, 1.165) is 30.0 Å². The maximum atomic E-state index is 13.0. The summed E-state index contributed by atoms with van der Waals surface area (Å²) in [5.41, 5.74) is 1.26. The molecule has 0 aromatic heterocycles. The molecule has 0 spiro atoms. The van der Waals surface area contributed by atoms with Gasteiger partial charge in [-0.25, -0.2) is 12.8 Å². The number of anilines is 1. The fourth-order valence-corrected chi connectivity index (χ4v) is 4.53. The standard InChI is InChI=1S/C22H22FN5O6S/c23-16-3-7-18(8-4-16)35(33,34)26-19(22(31)32)12-25-20(29)13-28-10-9-27(14-21(28)30)17-5-1-15(11-24)2-6-17/h1-8,19,26H,9-10,12-14H2,(H,25,29)(H,31,32). The second kappa shape index (κ2) is 10.9. The van der Waals surface area contributed by atoms with Crippen LogP contribution >= 0.6 is 0 Å². The fourth-order valence-electron chi connectivity index (χ4n) is 3.34. The molecule has 1 aliphatic heterocycles. The Hall–Kier alpha value is -4.02. The van der Waals surface area contributed by atoms with Crippen molar-refractivity contribution in [2.24, 2.45) is 0 Å². The second-order valence-electron chi connectivity index (χ2n) is 7.67. The van der Waals surface area contributed by atoms with Gasteiger partial charge in [0.15, 0.2) is 0 Å². The van der Waals surface area contributed by atoms with Gasteiger partial charge < -0.3 is 20.2 Å². The van der Waals surface area contributed by atoms with Gasteiger partial charge in [0.25, 0.3) is 0 Å². The maximum Gasteiger partial charge on any atom is 0.323 e. The Morgan fingerprint density at radius 3 is 2.34 bits per heavy atom. The van der Waals surface area contributed by atoms with Gasteiger partial charge in [0.05, 0.1) is 29.6 Å². The lowest BCUT2D eigenvalue weighted by Crippen LogP contribution is -2.54. The third-order valence-electron chi connectivity index (χ3n) is 5.24. The number of nitriles is 1. The van der Waals surface area contributed by atoms with E-state index in [1.54, 1.807) is 24.3 Å². The van der Waals surface area contributed by atoms with E-state index in [-0.39, 0.29) is 30.4 Å². The number of halogens is 1. The van der Waals surface area contributed by atoms with Crippen molar-refractivity contribution in [1.29, 1.82) is 5.26 Å². The van der Waals surface area contributed by atoms with Gasteiger partial charge in [0.1, 0.15) is 11.9 Å². The number of nitrogens with one attached hydrogen (secondary N) is 2. The Bertz CT molecular complexity index is 1240. The molecule has 1 atom stereocenters. The molecule has 3 N–H and O–H groups in total. The number of amides is 2. The molecule has 1 unspecified atom stereocenters. The number of rotatable bonds is 9. The quantitative estimate of drug-likeness (QED) is 0.427. The first-order valence-corrected chi connectivity index (χ1v) is 11.9. The highest BCUT2D eigenvalue weighted by Gasteiger charge is 2.28. The summed E-state index contributed by atoms with van der Waals surface area (Å²) in [4.78, 5) is 39.1. The van der Waals surface area contributed by atoms with Crippen LogP contribution in [0, 0.1) is 17.1 Å². The van der Waals surface area contributed by atoms with Crippen LogP contribution in [0.1, 0.15) is 5.56 Å². The summed E-state index contributed by atoms with van der Waals surface area (Å²) in [6.07, 6.45) is 0. The first-order chi connectivity index (χ1) is 16.6. The Labute approximate surface area is 200 Å². The molecule has 1 fully saturated rings.